The van der Waals surface area contributed by atoms with Crippen LogP contribution in [0.1, 0.15) is 82.7 Å². The minimum absolute atomic E-state index is 0.108. The number of hydrogen-bond donors (Lipinski definition) is 4. The molecule has 4 amide bonds. The summed E-state index contributed by atoms with van der Waals surface area (Å²) in [6.45, 7) is 12.9. The van der Waals surface area contributed by atoms with E-state index in [9.17, 15) is 29.1 Å². The molecule has 0 aliphatic carbocycles. The second-order valence-electron chi connectivity index (χ2n) is 13.6. The number of primary amides is 1. The molecular weight excluding hydrogens is 604 g/mol. The number of aliphatic hydroxyl groups excluding tert-OH is 1. The molecule has 0 fully saturated rings. The summed E-state index contributed by atoms with van der Waals surface area (Å²) in [4.78, 5) is 67.7. The first-order valence-electron chi connectivity index (χ1n) is 15.6. The van der Waals surface area contributed by atoms with Crippen molar-refractivity contribution in [2.75, 3.05) is 13.2 Å². The lowest BCUT2D eigenvalue weighted by Crippen LogP contribution is -2.55. The van der Waals surface area contributed by atoms with E-state index < -0.39 is 65.7 Å². The van der Waals surface area contributed by atoms with Gasteiger partial charge in [0, 0.05) is 19.4 Å². The van der Waals surface area contributed by atoms with Crippen LogP contribution in [-0.2, 0) is 35.1 Å². The number of amides is 4. The molecule has 258 valence electrons. The molecule has 0 aliphatic heterocycles. The maximum atomic E-state index is 14.4. The van der Waals surface area contributed by atoms with E-state index in [-0.39, 0.29) is 25.8 Å². The molecule has 0 heterocycles. The van der Waals surface area contributed by atoms with E-state index in [1.807, 2.05) is 50.2 Å². The summed E-state index contributed by atoms with van der Waals surface area (Å²) in [5.41, 5.74) is 6.43. The van der Waals surface area contributed by atoms with Crippen LogP contribution in [-0.4, -0.2) is 76.2 Å². The summed E-state index contributed by atoms with van der Waals surface area (Å²) >= 11 is 0. The van der Waals surface area contributed by atoms with Gasteiger partial charge < -0.3 is 35.8 Å². The normalized spacial score (nSPS) is 13.5. The van der Waals surface area contributed by atoms with Crippen LogP contribution in [0.4, 0.5) is 4.79 Å². The largest absolute Gasteiger partial charge is 0.458 e. The molecule has 12 heteroatoms. The Morgan fingerprint density at radius 2 is 1.43 bits per heavy atom. The Morgan fingerprint density at radius 3 is 1.94 bits per heavy atom. The Bertz CT molecular complexity index is 1380. The second-order valence-corrected chi connectivity index (χ2v) is 13.6. The molecule has 0 radical (unpaired) electrons. The number of hydrogen-bond acceptors (Lipinski definition) is 8. The molecule has 5 N–H and O–H groups in total. The van der Waals surface area contributed by atoms with Gasteiger partial charge in [-0.2, -0.15) is 0 Å². The quantitative estimate of drug-likeness (QED) is 0.224. The van der Waals surface area contributed by atoms with Gasteiger partial charge in [-0.3, -0.25) is 14.4 Å². The molecule has 0 bridgehead atoms. The van der Waals surface area contributed by atoms with Crippen molar-refractivity contribution in [3.05, 3.63) is 70.8 Å². The number of nitrogens with two attached hydrogens (primary N) is 1. The summed E-state index contributed by atoms with van der Waals surface area (Å²) < 4.78 is 11.0. The van der Waals surface area contributed by atoms with Crippen LogP contribution in [0.3, 0.4) is 0 Å². The molecule has 2 aromatic carbocycles. The number of esters is 1. The van der Waals surface area contributed by atoms with E-state index in [4.69, 9.17) is 15.2 Å². The molecule has 3 unspecified atom stereocenters. The Kier molecular flexibility index (Phi) is 13.9. The first-order chi connectivity index (χ1) is 21.8. The Balaban J connectivity index is 2.63. The summed E-state index contributed by atoms with van der Waals surface area (Å²) in [6, 6.07) is 10.6. The van der Waals surface area contributed by atoms with Crippen LogP contribution in [0.2, 0.25) is 0 Å². The number of alkyl carbamates (subject to hydrolysis) is 1. The first-order valence-corrected chi connectivity index (χ1v) is 15.6. The fourth-order valence-corrected chi connectivity index (χ4v) is 4.98. The lowest BCUT2D eigenvalue weighted by Gasteiger charge is -2.35. The minimum atomic E-state index is -1.36. The first kappa shape index (κ1) is 38.7. The molecule has 12 nitrogen and oxygen atoms in total. The van der Waals surface area contributed by atoms with E-state index >= 15 is 0 Å². The van der Waals surface area contributed by atoms with E-state index in [0.717, 1.165) is 21.6 Å². The maximum Gasteiger partial charge on any atom is 0.408 e. The van der Waals surface area contributed by atoms with Gasteiger partial charge in [-0.25, -0.2) is 9.59 Å². The third-order valence-electron chi connectivity index (χ3n) is 6.70. The number of nitrogens with one attached hydrogen (secondary N) is 2. The number of ether oxygens (including phenoxy) is 2. The zero-order chi connectivity index (χ0) is 35.5. The molecule has 0 saturated carbocycles. The molecule has 47 heavy (non-hydrogen) atoms. The van der Waals surface area contributed by atoms with E-state index in [1.54, 1.807) is 53.7 Å². The summed E-state index contributed by atoms with van der Waals surface area (Å²) in [7, 11) is 0. The fraction of sp³-hybridized carbons (Fsp3) is 0.514. The highest BCUT2D eigenvalue weighted by molar-refractivity contribution is 5.94. The molecule has 0 spiro atoms. The predicted octanol–water partition coefficient (Wildman–Crippen LogP) is 3.39. The third-order valence-corrected chi connectivity index (χ3v) is 6.70. The van der Waals surface area contributed by atoms with Crippen LogP contribution < -0.4 is 16.4 Å². The highest BCUT2D eigenvalue weighted by Gasteiger charge is 2.38. The highest BCUT2D eigenvalue weighted by atomic mass is 16.6. The zero-order valence-electron chi connectivity index (χ0n) is 28.7. The van der Waals surface area contributed by atoms with Crippen LogP contribution in [0, 0.1) is 13.8 Å². The molecule has 0 aliphatic rings. The van der Waals surface area contributed by atoms with E-state index in [0.29, 0.717) is 5.56 Å². The van der Waals surface area contributed by atoms with Gasteiger partial charge in [0.05, 0.1) is 6.61 Å². The SMILES string of the molecule is Cc1cc(C)cc(C(C(=O)NC(Cc2ccccc2)C(=O)OC(C)(C)C)N(CCO)C(=O)C(CCC(N)=O)NC(=O)OC(C)(C)C)c1. The van der Waals surface area contributed by atoms with Crippen LogP contribution in [0.5, 0.6) is 0 Å². The third kappa shape index (κ3) is 13.4. The predicted molar refractivity (Wildman–Crippen MR) is 177 cm³/mol. The standard InChI is InChI=1S/C35H50N4O8/c1-22-18-23(2)20-25(19-22)29(30(42)37-27(32(44)46-34(3,4)5)21-24-12-10-9-11-13-24)39(16-17-40)31(43)26(14-15-28(36)41)38-33(45)47-35(6,7)8/h9-13,18-20,26-27,29,40H,14-17,21H2,1-8H3,(H2,36,41)(H,37,42)(H,38,45). The van der Waals surface area contributed by atoms with Crippen molar-refractivity contribution in [2.24, 2.45) is 5.73 Å². The number of carbonyl (C=O) groups is 5. The van der Waals surface area contributed by atoms with Gasteiger partial charge in [0.15, 0.2) is 0 Å². The average Bonchev–Trinajstić information content (AvgIpc) is 2.92. The van der Waals surface area contributed by atoms with Gasteiger partial charge in [-0.05, 0) is 72.9 Å². The Morgan fingerprint density at radius 1 is 0.851 bits per heavy atom. The molecule has 0 aromatic heterocycles. The van der Waals surface area contributed by atoms with Gasteiger partial charge >= 0.3 is 12.1 Å². The van der Waals surface area contributed by atoms with Gasteiger partial charge in [0.1, 0.15) is 29.3 Å². The number of nitrogens with zero attached hydrogens (tertiary/aromatic N) is 1. The second kappa shape index (κ2) is 16.9. The summed E-state index contributed by atoms with van der Waals surface area (Å²) in [5, 5.41) is 15.4. The van der Waals surface area contributed by atoms with Crippen molar-refractivity contribution in [2.45, 2.75) is 104 Å². The zero-order valence-corrected chi connectivity index (χ0v) is 28.7. The van der Waals surface area contributed by atoms with Crippen LogP contribution >= 0.6 is 0 Å². The molecule has 3 atom stereocenters. The molecule has 0 saturated heterocycles. The van der Waals surface area contributed by atoms with Crippen molar-refractivity contribution >= 4 is 29.8 Å². The smallest absolute Gasteiger partial charge is 0.408 e. The van der Waals surface area contributed by atoms with Crippen molar-refractivity contribution in [3.63, 3.8) is 0 Å². The lowest BCUT2D eigenvalue weighted by atomic mass is 9.97. The van der Waals surface area contributed by atoms with E-state index in [1.165, 1.54) is 0 Å². The Hall–Kier alpha value is -4.45. The maximum absolute atomic E-state index is 14.4. The van der Waals surface area contributed by atoms with Crippen molar-refractivity contribution in [1.29, 1.82) is 0 Å². The average molecular weight is 655 g/mol. The van der Waals surface area contributed by atoms with Crippen molar-refractivity contribution in [1.82, 2.24) is 15.5 Å². The van der Waals surface area contributed by atoms with Gasteiger partial charge in [0.2, 0.25) is 17.7 Å². The molecule has 2 rings (SSSR count). The number of aryl methyl sites for hydroxylation is 2. The number of aliphatic hydroxyl groups is 1. The minimum Gasteiger partial charge on any atom is -0.458 e. The molecule has 2 aromatic rings. The number of carbonyl (C=O) groups excluding carboxylic acids is 5. The molecular formula is C35H50N4O8. The fourth-order valence-electron chi connectivity index (χ4n) is 4.98. The van der Waals surface area contributed by atoms with Crippen LogP contribution in [0.15, 0.2) is 48.5 Å². The number of benzene rings is 2. The summed E-state index contributed by atoms with van der Waals surface area (Å²) in [5.74, 6) is -2.84. The van der Waals surface area contributed by atoms with Crippen LogP contribution in [0.25, 0.3) is 0 Å². The van der Waals surface area contributed by atoms with Crippen molar-refractivity contribution < 1.29 is 38.6 Å². The number of rotatable bonds is 14. The van der Waals surface area contributed by atoms with E-state index in [2.05, 4.69) is 10.6 Å². The van der Waals surface area contributed by atoms with Gasteiger partial charge in [0.25, 0.3) is 0 Å². The Labute approximate surface area is 277 Å². The van der Waals surface area contributed by atoms with Crippen molar-refractivity contribution in [3.8, 4) is 0 Å². The topological polar surface area (TPSA) is 177 Å². The lowest BCUT2D eigenvalue weighted by molar-refractivity contribution is -0.159. The highest BCUT2D eigenvalue weighted by Crippen LogP contribution is 2.26. The van der Waals surface area contributed by atoms with Gasteiger partial charge in [-0.1, -0.05) is 59.7 Å². The monoisotopic (exact) mass is 654 g/mol. The summed E-state index contributed by atoms with van der Waals surface area (Å²) in [6.07, 6.45) is -1.25. The van der Waals surface area contributed by atoms with Gasteiger partial charge in [-0.15, -0.1) is 0 Å².